The van der Waals surface area contributed by atoms with E-state index in [0.29, 0.717) is 12.0 Å². The van der Waals surface area contributed by atoms with Crippen LogP contribution < -0.4 is 0 Å². The minimum Gasteiger partial charge on any atom is -0.461 e. The van der Waals surface area contributed by atoms with Crippen molar-refractivity contribution in [2.75, 3.05) is 7.11 Å². The van der Waals surface area contributed by atoms with Crippen LogP contribution in [0.15, 0.2) is 36.0 Å². The largest absolute Gasteiger partial charge is 0.461 e. The van der Waals surface area contributed by atoms with E-state index in [1.807, 2.05) is 32.1 Å². The molecule has 3 rings (SSSR count). The maximum Gasteiger partial charge on any atom is 0.334 e. The number of ether oxygens (including phenoxy) is 4. The van der Waals surface area contributed by atoms with Gasteiger partial charge in [-0.3, -0.25) is 4.79 Å². The zero-order valence-corrected chi connectivity index (χ0v) is 15.9. The van der Waals surface area contributed by atoms with Crippen LogP contribution in [0, 0.1) is 11.8 Å². The van der Waals surface area contributed by atoms with Gasteiger partial charge in [-0.2, -0.15) is 0 Å². The summed E-state index contributed by atoms with van der Waals surface area (Å²) in [5.74, 6) is -2.55. The number of hydrogen-bond acceptors (Lipinski definition) is 6. The average Bonchev–Trinajstić information content (AvgIpc) is 3.05. The summed E-state index contributed by atoms with van der Waals surface area (Å²) in [6, 6.07) is 0. The van der Waals surface area contributed by atoms with Gasteiger partial charge in [-0.15, -0.1) is 0 Å². The topological polar surface area (TPSA) is 71.1 Å². The fourth-order valence-corrected chi connectivity index (χ4v) is 3.76. The smallest absolute Gasteiger partial charge is 0.334 e. The molecule has 5 atom stereocenters. The molecule has 3 aliphatic rings. The second-order valence-corrected chi connectivity index (χ2v) is 7.72. The number of methoxy groups -OCH3 is 1. The Balaban J connectivity index is 2.06. The molecular formula is C20H26O6. The predicted molar refractivity (Wildman–Crippen MR) is 94.0 cm³/mol. The molecular weight excluding hydrogens is 336 g/mol. The van der Waals surface area contributed by atoms with E-state index in [4.69, 9.17) is 18.9 Å². The molecule has 6 heteroatoms. The lowest BCUT2D eigenvalue weighted by atomic mass is 9.83. The molecule has 0 spiro atoms. The summed E-state index contributed by atoms with van der Waals surface area (Å²) in [6.45, 7) is 11.2. The first kappa shape index (κ1) is 18.9. The zero-order chi connectivity index (χ0) is 19.3. The number of fused-ring (bicyclic) bond motifs is 3. The van der Waals surface area contributed by atoms with E-state index in [1.165, 1.54) is 0 Å². The molecule has 26 heavy (non-hydrogen) atoms. The van der Waals surface area contributed by atoms with Crippen molar-refractivity contribution < 1.29 is 28.5 Å². The molecule has 0 aliphatic carbocycles. The van der Waals surface area contributed by atoms with Gasteiger partial charge in [0.15, 0.2) is 0 Å². The Labute approximate surface area is 153 Å². The highest BCUT2D eigenvalue weighted by Gasteiger charge is 2.52. The van der Waals surface area contributed by atoms with Crippen molar-refractivity contribution in [2.45, 2.75) is 57.7 Å². The molecule has 0 aromatic heterocycles. The summed E-state index contributed by atoms with van der Waals surface area (Å²) >= 11 is 0. The molecule has 2 bridgehead atoms. The van der Waals surface area contributed by atoms with E-state index in [9.17, 15) is 9.59 Å². The van der Waals surface area contributed by atoms with Gasteiger partial charge in [0.2, 0.25) is 5.79 Å². The fourth-order valence-electron chi connectivity index (χ4n) is 3.76. The molecule has 1 fully saturated rings. The lowest BCUT2D eigenvalue weighted by molar-refractivity contribution is -0.204. The SMILES string of the molecule is C=C1C(=O)O[C@@H]2/C=C(/C)[C@@]3(OC)C=C[C@@](C)(C[C@@H](OC(=O)C(C)C)[C@@H]12)O3. The maximum atomic E-state index is 12.3. The summed E-state index contributed by atoms with van der Waals surface area (Å²) in [6.07, 6.45) is 4.77. The second kappa shape index (κ2) is 6.35. The number of hydrogen-bond donors (Lipinski definition) is 0. The number of esters is 2. The normalized spacial score (nSPS) is 41.0. The molecule has 0 aromatic carbocycles. The first-order valence-corrected chi connectivity index (χ1v) is 8.86. The summed E-state index contributed by atoms with van der Waals surface area (Å²) in [4.78, 5) is 24.4. The van der Waals surface area contributed by atoms with Crippen molar-refractivity contribution in [1.82, 2.24) is 0 Å². The third kappa shape index (κ3) is 3.01. The Hall–Kier alpha value is -1.92. The van der Waals surface area contributed by atoms with E-state index in [2.05, 4.69) is 6.58 Å². The number of rotatable bonds is 3. The highest BCUT2D eigenvalue weighted by atomic mass is 16.7. The standard InChI is InChI=1S/C20H26O6/c1-11(2)17(21)25-15-10-19(5)7-8-20(23-6,26-19)12(3)9-14-16(15)13(4)18(22)24-14/h7-9,11,14-16H,4,10H2,1-3,5-6H3/b12-9-/t14-,15-,16+,19+,20-/m1/s1. The van der Waals surface area contributed by atoms with Crippen molar-refractivity contribution in [1.29, 1.82) is 0 Å². The van der Waals surface area contributed by atoms with E-state index in [0.717, 1.165) is 5.57 Å². The highest BCUT2D eigenvalue weighted by Crippen LogP contribution is 2.45. The van der Waals surface area contributed by atoms with Crippen LogP contribution in [0.2, 0.25) is 0 Å². The van der Waals surface area contributed by atoms with Crippen molar-refractivity contribution in [3.05, 3.63) is 36.0 Å². The monoisotopic (exact) mass is 362 g/mol. The van der Waals surface area contributed by atoms with Crippen molar-refractivity contribution in [3.8, 4) is 0 Å². The molecule has 3 aliphatic heterocycles. The molecule has 0 amide bonds. The highest BCUT2D eigenvalue weighted by molar-refractivity contribution is 5.91. The quantitative estimate of drug-likeness (QED) is 0.437. The van der Waals surface area contributed by atoms with E-state index >= 15 is 0 Å². The molecule has 0 radical (unpaired) electrons. The van der Waals surface area contributed by atoms with Gasteiger partial charge in [-0.05, 0) is 31.6 Å². The summed E-state index contributed by atoms with van der Waals surface area (Å²) < 4.78 is 23.2. The van der Waals surface area contributed by atoms with Crippen LogP contribution in [0.5, 0.6) is 0 Å². The number of carbonyl (C=O) groups is 2. The molecule has 142 valence electrons. The van der Waals surface area contributed by atoms with Crippen molar-refractivity contribution in [2.24, 2.45) is 11.8 Å². The predicted octanol–water partition coefficient (Wildman–Crippen LogP) is 2.69. The van der Waals surface area contributed by atoms with Crippen molar-refractivity contribution >= 4 is 11.9 Å². The Morgan fingerprint density at radius 2 is 2.08 bits per heavy atom. The maximum absolute atomic E-state index is 12.3. The third-order valence-electron chi connectivity index (χ3n) is 5.31. The van der Waals surface area contributed by atoms with Crippen LogP contribution in [0.3, 0.4) is 0 Å². The van der Waals surface area contributed by atoms with E-state index < -0.39 is 35.5 Å². The van der Waals surface area contributed by atoms with Crippen LogP contribution in [-0.2, 0) is 28.5 Å². The van der Waals surface area contributed by atoms with Gasteiger partial charge >= 0.3 is 11.9 Å². The number of carbonyl (C=O) groups excluding carboxylic acids is 2. The van der Waals surface area contributed by atoms with Crippen LogP contribution in [0.4, 0.5) is 0 Å². The zero-order valence-electron chi connectivity index (χ0n) is 15.9. The Morgan fingerprint density at radius 3 is 2.69 bits per heavy atom. The van der Waals surface area contributed by atoms with Crippen LogP contribution in [0.1, 0.15) is 34.1 Å². The first-order chi connectivity index (χ1) is 12.1. The average molecular weight is 362 g/mol. The second-order valence-electron chi connectivity index (χ2n) is 7.72. The molecule has 3 heterocycles. The van der Waals surface area contributed by atoms with Gasteiger partial charge in [0.05, 0.1) is 17.4 Å². The lowest BCUT2D eigenvalue weighted by Crippen LogP contribution is -2.41. The Morgan fingerprint density at radius 1 is 1.38 bits per heavy atom. The molecule has 0 N–H and O–H groups in total. The molecule has 1 saturated heterocycles. The van der Waals surface area contributed by atoms with Gasteiger partial charge < -0.3 is 18.9 Å². The minimum absolute atomic E-state index is 0.282. The molecule has 0 saturated carbocycles. The molecule has 6 nitrogen and oxygen atoms in total. The van der Waals surface area contributed by atoms with Gasteiger partial charge in [0.1, 0.15) is 12.2 Å². The Bertz CT molecular complexity index is 705. The fraction of sp³-hybridized carbons (Fsp3) is 0.600. The van der Waals surface area contributed by atoms with E-state index in [-0.39, 0.29) is 11.9 Å². The lowest BCUT2D eigenvalue weighted by Gasteiger charge is -2.34. The third-order valence-corrected chi connectivity index (χ3v) is 5.31. The summed E-state index contributed by atoms with van der Waals surface area (Å²) in [5, 5.41) is 0. The molecule has 0 aromatic rings. The van der Waals surface area contributed by atoms with Crippen LogP contribution in [0.25, 0.3) is 0 Å². The van der Waals surface area contributed by atoms with Crippen LogP contribution >= 0.6 is 0 Å². The summed E-state index contributed by atoms with van der Waals surface area (Å²) in [7, 11) is 1.57. The first-order valence-electron chi connectivity index (χ1n) is 8.86. The van der Waals surface area contributed by atoms with Gasteiger partial charge in [-0.25, -0.2) is 4.79 Å². The van der Waals surface area contributed by atoms with Gasteiger partial charge in [-0.1, -0.05) is 26.5 Å². The minimum atomic E-state index is -1.02. The summed E-state index contributed by atoms with van der Waals surface area (Å²) in [5.41, 5.74) is 0.374. The van der Waals surface area contributed by atoms with E-state index in [1.54, 1.807) is 21.0 Å². The Kier molecular flexibility index (Phi) is 4.61. The molecule has 0 unspecified atom stereocenters. The van der Waals surface area contributed by atoms with Crippen LogP contribution in [-0.4, -0.2) is 42.6 Å². The van der Waals surface area contributed by atoms with Gasteiger partial charge in [0, 0.05) is 19.1 Å². The van der Waals surface area contributed by atoms with Crippen molar-refractivity contribution in [3.63, 3.8) is 0 Å². The van der Waals surface area contributed by atoms with Gasteiger partial charge in [0.25, 0.3) is 0 Å².